The Morgan fingerprint density at radius 3 is 2.62 bits per heavy atom. The van der Waals surface area contributed by atoms with Crippen LogP contribution in [0.3, 0.4) is 0 Å². The van der Waals surface area contributed by atoms with E-state index >= 15 is 0 Å². The molecule has 0 saturated carbocycles. The van der Waals surface area contributed by atoms with Crippen molar-refractivity contribution in [2.24, 2.45) is 0 Å². The van der Waals surface area contributed by atoms with Gasteiger partial charge in [0.25, 0.3) is 5.91 Å². The van der Waals surface area contributed by atoms with Crippen molar-refractivity contribution in [1.29, 1.82) is 0 Å². The summed E-state index contributed by atoms with van der Waals surface area (Å²) in [5.74, 6) is -1.48. The molecule has 0 bridgehead atoms. The van der Waals surface area contributed by atoms with E-state index in [-0.39, 0.29) is 12.3 Å². The number of hydrogen-bond donors (Lipinski definition) is 2. The normalized spacial score (nSPS) is 11.9. The van der Waals surface area contributed by atoms with E-state index in [1.165, 1.54) is 13.4 Å². The summed E-state index contributed by atoms with van der Waals surface area (Å²) in [5, 5.41) is 11.3. The number of carboxylic acid groups (broad SMARTS) is 1. The molecule has 0 aliphatic heterocycles. The Morgan fingerprint density at radius 1 is 1.29 bits per heavy atom. The molecule has 1 atom stereocenters. The lowest BCUT2D eigenvalue weighted by Gasteiger charge is -2.11. The van der Waals surface area contributed by atoms with E-state index in [1.807, 2.05) is 30.3 Å². The Morgan fingerprint density at radius 2 is 2.00 bits per heavy atom. The summed E-state index contributed by atoms with van der Waals surface area (Å²) in [6.45, 7) is -0.139. The summed E-state index contributed by atoms with van der Waals surface area (Å²) in [6.07, 6.45) is 0.325. The molecule has 110 valence electrons. The number of furan rings is 1. The number of methoxy groups -OCH3 is 1. The van der Waals surface area contributed by atoms with Gasteiger partial charge in [0.15, 0.2) is 11.9 Å². The minimum absolute atomic E-state index is 0.139. The van der Waals surface area contributed by atoms with E-state index in [4.69, 9.17) is 14.3 Å². The zero-order chi connectivity index (χ0) is 15.2. The molecule has 1 heterocycles. The van der Waals surface area contributed by atoms with Crippen LogP contribution in [0.15, 0.2) is 47.1 Å². The predicted octanol–water partition coefficient (Wildman–Crippen LogP) is 1.78. The van der Waals surface area contributed by atoms with Crippen molar-refractivity contribution in [3.8, 4) is 11.1 Å². The number of ether oxygens (including phenoxy) is 1. The van der Waals surface area contributed by atoms with Crippen molar-refractivity contribution in [3.05, 3.63) is 48.4 Å². The topological polar surface area (TPSA) is 88.8 Å². The van der Waals surface area contributed by atoms with E-state index in [1.54, 1.807) is 6.07 Å². The third kappa shape index (κ3) is 3.49. The first kappa shape index (κ1) is 14.8. The molecular weight excluding hydrogens is 274 g/mol. The van der Waals surface area contributed by atoms with Crippen LogP contribution in [-0.4, -0.2) is 36.7 Å². The van der Waals surface area contributed by atoms with Crippen molar-refractivity contribution in [1.82, 2.24) is 5.32 Å². The highest BCUT2D eigenvalue weighted by Gasteiger charge is 2.21. The Labute approximate surface area is 121 Å². The number of carbonyl (C=O) groups is 2. The van der Waals surface area contributed by atoms with Crippen molar-refractivity contribution >= 4 is 11.9 Å². The van der Waals surface area contributed by atoms with Gasteiger partial charge in [-0.2, -0.15) is 0 Å². The predicted molar refractivity (Wildman–Crippen MR) is 74.9 cm³/mol. The second-order valence-corrected chi connectivity index (χ2v) is 4.30. The van der Waals surface area contributed by atoms with Crippen LogP contribution in [0, 0.1) is 0 Å². The van der Waals surface area contributed by atoms with Gasteiger partial charge < -0.3 is 19.6 Å². The fourth-order valence-electron chi connectivity index (χ4n) is 1.87. The van der Waals surface area contributed by atoms with Gasteiger partial charge >= 0.3 is 5.97 Å². The molecule has 2 N–H and O–H groups in total. The summed E-state index contributed by atoms with van der Waals surface area (Å²) >= 11 is 0. The maximum atomic E-state index is 12.1. The number of benzene rings is 1. The lowest BCUT2D eigenvalue weighted by Crippen LogP contribution is -2.37. The molecule has 1 amide bonds. The number of hydrogen-bond acceptors (Lipinski definition) is 4. The molecule has 6 nitrogen and oxygen atoms in total. The fraction of sp³-hybridized carbons (Fsp3) is 0.200. The highest BCUT2D eigenvalue weighted by atomic mass is 16.5. The third-order valence-electron chi connectivity index (χ3n) is 2.96. The average molecular weight is 289 g/mol. The number of aliphatic carboxylic acids is 1. The smallest absolute Gasteiger partial charge is 0.334 e. The zero-order valence-electron chi connectivity index (χ0n) is 11.4. The number of rotatable bonds is 6. The van der Waals surface area contributed by atoms with Gasteiger partial charge in [-0.15, -0.1) is 0 Å². The maximum absolute atomic E-state index is 12.1. The van der Waals surface area contributed by atoms with E-state index in [0.717, 1.165) is 5.56 Å². The Kier molecular flexibility index (Phi) is 4.73. The van der Waals surface area contributed by atoms with Crippen LogP contribution in [-0.2, 0) is 9.53 Å². The van der Waals surface area contributed by atoms with Gasteiger partial charge in [0.2, 0.25) is 0 Å². The zero-order valence-corrected chi connectivity index (χ0v) is 11.4. The lowest BCUT2D eigenvalue weighted by atomic mass is 10.1. The van der Waals surface area contributed by atoms with Crippen molar-refractivity contribution in [3.63, 3.8) is 0 Å². The summed E-state index contributed by atoms with van der Waals surface area (Å²) < 4.78 is 9.96. The van der Waals surface area contributed by atoms with Crippen LogP contribution in [0.25, 0.3) is 11.1 Å². The van der Waals surface area contributed by atoms with Gasteiger partial charge in [0.05, 0.1) is 12.8 Å². The first-order valence-electron chi connectivity index (χ1n) is 6.30. The molecule has 0 radical (unpaired) electrons. The molecule has 1 aromatic carbocycles. The monoisotopic (exact) mass is 289 g/mol. The highest BCUT2D eigenvalue weighted by molar-refractivity contribution is 5.98. The van der Waals surface area contributed by atoms with E-state index in [2.05, 4.69) is 5.32 Å². The summed E-state index contributed by atoms with van der Waals surface area (Å²) in [6, 6.07) is 11.0. The van der Waals surface area contributed by atoms with Crippen molar-refractivity contribution in [2.45, 2.75) is 6.10 Å². The molecule has 2 aromatic rings. The van der Waals surface area contributed by atoms with E-state index < -0.39 is 18.0 Å². The van der Waals surface area contributed by atoms with Gasteiger partial charge in [-0.25, -0.2) is 4.79 Å². The Balaban J connectivity index is 2.11. The van der Waals surface area contributed by atoms with Crippen LogP contribution in [0.4, 0.5) is 0 Å². The van der Waals surface area contributed by atoms with E-state index in [0.29, 0.717) is 5.56 Å². The van der Waals surface area contributed by atoms with Crippen LogP contribution in [0.1, 0.15) is 10.6 Å². The second kappa shape index (κ2) is 6.71. The van der Waals surface area contributed by atoms with Crippen molar-refractivity contribution in [2.75, 3.05) is 13.7 Å². The molecule has 1 aromatic heterocycles. The molecule has 21 heavy (non-hydrogen) atoms. The maximum Gasteiger partial charge on any atom is 0.334 e. The third-order valence-corrected chi connectivity index (χ3v) is 2.96. The highest BCUT2D eigenvalue weighted by Crippen LogP contribution is 2.24. The van der Waals surface area contributed by atoms with Gasteiger partial charge in [0.1, 0.15) is 0 Å². The lowest BCUT2D eigenvalue weighted by molar-refractivity contribution is -0.148. The summed E-state index contributed by atoms with van der Waals surface area (Å²) in [7, 11) is 1.27. The van der Waals surface area contributed by atoms with Gasteiger partial charge in [-0.05, 0) is 11.6 Å². The molecule has 0 saturated heterocycles. The van der Waals surface area contributed by atoms with Crippen LogP contribution in [0.2, 0.25) is 0 Å². The van der Waals surface area contributed by atoms with Crippen molar-refractivity contribution < 1.29 is 23.8 Å². The van der Waals surface area contributed by atoms with Crippen LogP contribution in [0.5, 0.6) is 0 Å². The molecule has 0 aliphatic rings. The summed E-state index contributed by atoms with van der Waals surface area (Å²) in [5.41, 5.74) is 1.50. The molecule has 1 unspecified atom stereocenters. The first-order chi connectivity index (χ1) is 10.1. The number of amides is 1. The SMILES string of the molecule is COC(CNC(=O)c1occc1-c1ccccc1)C(=O)O. The fourth-order valence-corrected chi connectivity index (χ4v) is 1.87. The van der Waals surface area contributed by atoms with Crippen LogP contribution < -0.4 is 5.32 Å². The minimum atomic E-state index is -1.14. The Bertz CT molecular complexity index is 620. The number of carboxylic acids is 1. The van der Waals surface area contributed by atoms with Gasteiger partial charge in [-0.1, -0.05) is 30.3 Å². The second-order valence-electron chi connectivity index (χ2n) is 4.30. The van der Waals surface area contributed by atoms with Gasteiger partial charge in [-0.3, -0.25) is 4.79 Å². The standard InChI is InChI=1S/C15H15NO5/c1-20-12(15(18)19)9-16-14(17)13-11(7-8-21-13)10-5-3-2-4-6-10/h2-8,12H,9H2,1H3,(H,16,17)(H,18,19). The first-order valence-corrected chi connectivity index (χ1v) is 6.30. The minimum Gasteiger partial charge on any atom is -0.479 e. The Hall–Kier alpha value is -2.60. The van der Waals surface area contributed by atoms with E-state index in [9.17, 15) is 9.59 Å². The molecule has 2 rings (SSSR count). The largest absolute Gasteiger partial charge is 0.479 e. The molecule has 0 spiro atoms. The number of nitrogens with one attached hydrogen (secondary N) is 1. The average Bonchev–Trinajstić information content (AvgIpc) is 2.97. The molecule has 0 fully saturated rings. The van der Waals surface area contributed by atoms with Crippen LogP contribution >= 0.6 is 0 Å². The number of carbonyl (C=O) groups excluding carboxylic acids is 1. The molecular formula is C15H15NO5. The molecule has 0 aliphatic carbocycles. The summed E-state index contributed by atoms with van der Waals surface area (Å²) in [4.78, 5) is 22.9. The quantitative estimate of drug-likeness (QED) is 0.846. The molecule has 6 heteroatoms. The van der Waals surface area contributed by atoms with Gasteiger partial charge in [0, 0.05) is 12.7 Å².